The summed E-state index contributed by atoms with van der Waals surface area (Å²) in [6, 6.07) is 5.29. The van der Waals surface area contributed by atoms with Crippen LogP contribution in [0.3, 0.4) is 0 Å². The molecule has 1 rings (SSSR count). The number of benzene rings is 1. The van der Waals surface area contributed by atoms with Gasteiger partial charge in [-0.2, -0.15) is 13.2 Å². The van der Waals surface area contributed by atoms with E-state index in [2.05, 4.69) is 6.58 Å². The smallest absolute Gasteiger partial charge is 0.166 e. The van der Waals surface area contributed by atoms with E-state index in [-0.39, 0.29) is 5.92 Å². The first-order chi connectivity index (χ1) is 7.99. The quantitative estimate of drug-likeness (QED) is 0.654. The predicted octanol–water partition coefficient (Wildman–Crippen LogP) is 4.94. The van der Waals surface area contributed by atoms with Crippen molar-refractivity contribution in [1.82, 2.24) is 0 Å². The van der Waals surface area contributed by atoms with E-state index in [1.54, 1.807) is 6.08 Å². The Morgan fingerprint density at radius 1 is 1.24 bits per heavy atom. The highest BCUT2D eigenvalue weighted by molar-refractivity contribution is 5.29. The van der Waals surface area contributed by atoms with Gasteiger partial charge in [-0.25, -0.2) is 0 Å². The molecule has 1 aromatic carbocycles. The van der Waals surface area contributed by atoms with Crippen molar-refractivity contribution < 1.29 is 13.2 Å². The summed E-state index contributed by atoms with van der Waals surface area (Å²) < 4.78 is 37.2. The summed E-state index contributed by atoms with van der Waals surface area (Å²) in [5.41, 5.74) is 0.259. The second-order valence-corrected chi connectivity index (χ2v) is 3.78. The van der Waals surface area contributed by atoms with Crippen LogP contribution in [0.1, 0.15) is 30.4 Å². The van der Waals surface area contributed by atoms with Gasteiger partial charge in [0.05, 0.1) is 5.56 Å². The lowest BCUT2D eigenvalue weighted by atomic mass is 9.94. The minimum absolute atomic E-state index is 0.0970. The zero-order valence-corrected chi connectivity index (χ0v) is 9.67. The topological polar surface area (TPSA) is 0 Å². The number of rotatable bonds is 4. The minimum atomic E-state index is -4.27. The molecule has 0 nitrogen and oxygen atoms in total. The lowest BCUT2D eigenvalue weighted by Crippen LogP contribution is -2.05. The Hall–Kier alpha value is -1.51. The zero-order valence-electron chi connectivity index (χ0n) is 9.67. The number of allylic oxidation sites excluding steroid dienone is 3. The van der Waals surface area contributed by atoms with Gasteiger partial charge in [0.15, 0.2) is 0 Å². The van der Waals surface area contributed by atoms with Crippen LogP contribution in [0, 0.1) is 0 Å². The second kappa shape index (κ2) is 5.71. The molecule has 0 saturated heterocycles. The van der Waals surface area contributed by atoms with Gasteiger partial charge in [-0.3, -0.25) is 0 Å². The molecule has 0 aromatic heterocycles. The maximum Gasteiger partial charge on any atom is 0.416 e. The molecule has 0 saturated carbocycles. The molecule has 0 spiro atoms. The molecule has 0 aliphatic carbocycles. The summed E-state index contributed by atoms with van der Waals surface area (Å²) in [5.74, 6) is 0.0970. The maximum atomic E-state index is 12.4. The molecule has 3 heteroatoms. The fraction of sp³-hybridized carbons (Fsp3) is 0.286. The first-order valence-electron chi connectivity index (χ1n) is 5.40. The minimum Gasteiger partial charge on any atom is -0.166 e. The Balaban J connectivity index is 2.95. The molecule has 0 radical (unpaired) electrons. The monoisotopic (exact) mass is 240 g/mol. The Morgan fingerprint density at radius 3 is 2.24 bits per heavy atom. The molecule has 0 bridgehead atoms. The van der Waals surface area contributed by atoms with Gasteiger partial charge in [0.2, 0.25) is 0 Å². The molecule has 1 unspecified atom stereocenters. The van der Waals surface area contributed by atoms with Gasteiger partial charge < -0.3 is 0 Å². The molecule has 0 aliphatic rings. The lowest BCUT2D eigenvalue weighted by molar-refractivity contribution is -0.137. The molecule has 0 fully saturated rings. The van der Waals surface area contributed by atoms with Crippen LogP contribution in [0.25, 0.3) is 0 Å². The van der Waals surface area contributed by atoms with Crippen molar-refractivity contribution in [3.63, 3.8) is 0 Å². The number of halogens is 3. The van der Waals surface area contributed by atoms with Gasteiger partial charge >= 0.3 is 6.18 Å². The molecular formula is C14H15F3. The van der Waals surface area contributed by atoms with Crippen molar-refractivity contribution in [2.45, 2.75) is 25.4 Å². The normalized spacial score (nSPS) is 13.9. The molecular weight excluding hydrogens is 225 g/mol. The molecule has 92 valence electrons. The summed E-state index contributed by atoms with van der Waals surface area (Å²) >= 11 is 0. The predicted molar refractivity (Wildman–Crippen MR) is 63.8 cm³/mol. The van der Waals surface area contributed by atoms with Crippen LogP contribution in [0.15, 0.2) is 49.1 Å². The molecule has 0 amide bonds. The average Bonchev–Trinajstić information content (AvgIpc) is 2.28. The van der Waals surface area contributed by atoms with E-state index in [0.717, 1.165) is 24.1 Å². The van der Waals surface area contributed by atoms with Crippen molar-refractivity contribution in [2.24, 2.45) is 0 Å². The number of hydrogen-bond acceptors (Lipinski definition) is 0. The van der Waals surface area contributed by atoms with E-state index in [1.807, 2.05) is 19.1 Å². The largest absolute Gasteiger partial charge is 0.416 e. The van der Waals surface area contributed by atoms with Crippen LogP contribution in [0.5, 0.6) is 0 Å². The van der Waals surface area contributed by atoms with Crippen LogP contribution in [-0.4, -0.2) is 0 Å². The highest BCUT2D eigenvalue weighted by Crippen LogP contribution is 2.31. The van der Waals surface area contributed by atoms with E-state index in [4.69, 9.17) is 0 Å². The van der Waals surface area contributed by atoms with Crippen LogP contribution in [0.2, 0.25) is 0 Å². The van der Waals surface area contributed by atoms with Crippen LogP contribution in [-0.2, 0) is 6.18 Å². The van der Waals surface area contributed by atoms with Gasteiger partial charge in [0.1, 0.15) is 0 Å². The number of hydrogen-bond donors (Lipinski definition) is 0. The van der Waals surface area contributed by atoms with Gasteiger partial charge in [0.25, 0.3) is 0 Å². The Labute approximate surface area is 99.5 Å². The Bertz CT molecular complexity index is 385. The maximum absolute atomic E-state index is 12.4. The van der Waals surface area contributed by atoms with Gasteiger partial charge in [-0.05, 0) is 31.0 Å². The fourth-order valence-electron chi connectivity index (χ4n) is 1.66. The fourth-order valence-corrected chi connectivity index (χ4v) is 1.66. The van der Waals surface area contributed by atoms with E-state index in [0.29, 0.717) is 0 Å². The summed E-state index contributed by atoms with van der Waals surface area (Å²) in [7, 11) is 0. The van der Waals surface area contributed by atoms with Crippen molar-refractivity contribution in [2.75, 3.05) is 0 Å². The van der Waals surface area contributed by atoms with E-state index >= 15 is 0 Å². The highest BCUT2D eigenvalue weighted by atomic mass is 19.4. The van der Waals surface area contributed by atoms with Crippen molar-refractivity contribution >= 4 is 0 Å². The third kappa shape index (κ3) is 3.77. The van der Waals surface area contributed by atoms with Crippen molar-refractivity contribution in [3.05, 3.63) is 60.2 Å². The summed E-state index contributed by atoms with van der Waals surface area (Å²) in [5, 5.41) is 0. The molecule has 1 aromatic rings. The van der Waals surface area contributed by atoms with Crippen LogP contribution < -0.4 is 0 Å². The standard InChI is InChI=1S/C14H15F3/c1-3-5-11(6-4-2)12-7-9-13(10-8-12)14(15,16)17/h3-4,6-11H,1,5H2,2H3/b6-4+. The molecule has 1 atom stereocenters. The summed E-state index contributed by atoms with van der Waals surface area (Å²) in [6.07, 6.45) is 2.07. The van der Waals surface area contributed by atoms with Crippen LogP contribution >= 0.6 is 0 Å². The van der Waals surface area contributed by atoms with Gasteiger partial charge in [-0.1, -0.05) is 30.4 Å². The molecule has 0 heterocycles. The zero-order chi connectivity index (χ0) is 12.9. The third-order valence-electron chi connectivity index (χ3n) is 2.51. The number of alkyl halides is 3. The molecule has 17 heavy (non-hydrogen) atoms. The van der Waals surface area contributed by atoms with Crippen molar-refractivity contribution in [3.8, 4) is 0 Å². The van der Waals surface area contributed by atoms with E-state index in [9.17, 15) is 13.2 Å². The van der Waals surface area contributed by atoms with E-state index in [1.165, 1.54) is 12.1 Å². The van der Waals surface area contributed by atoms with E-state index < -0.39 is 11.7 Å². The second-order valence-electron chi connectivity index (χ2n) is 3.78. The Morgan fingerprint density at radius 2 is 1.82 bits per heavy atom. The molecule has 0 N–H and O–H groups in total. The lowest BCUT2D eigenvalue weighted by Gasteiger charge is -2.12. The summed E-state index contributed by atoms with van der Waals surface area (Å²) in [6.45, 7) is 5.54. The average molecular weight is 240 g/mol. The third-order valence-corrected chi connectivity index (χ3v) is 2.51. The van der Waals surface area contributed by atoms with Crippen LogP contribution in [0.4, 0.5) is 13.2 Å². The highest BCUT2D eigenvalue weighted by Gasteiger charge is 2.30. The van der Waals surface area contributed by atoms with Crippen molar-refractivity contribution in [1.29, 1.82) is 0 Å². The SMILES string of the molecule is C=CCC(/C=C/C)c1ccc(C(F)(F)F)cc1. The summed E-state index contributed by atoms with van der Waals surface area (Å²) in [4.78, 5) is 0. The first-order valence-corrected chi connectivity index (χ1v) is 5.40. The first kappa shape index (κ1) is 13.6. The van der Waals surface area contributed by atoms with Gasteiger partial charge in [0, 0.05) is 5.92 Å². The van der Waals surface area contributed by atoms with Gasteiger partial charge in [-0.15, -0.1) is 6.58 Å². The molecule has 0 aliphatic heterocycles. The Kier molecular flexibility index (Phi) is 4.55.